The van der Waals surface area contributed by atoms with Crippen molar-refractivity contribution in [2.75, 3.05) is 25.5 Å². The summed E-state index contributed by atoms with van der Waals surface area (Å²) in [5.41, 5.74) is 2.20. The molecule has 0 aliphatic heterocycles. The predicted octanol–water partition coefficient (Wildman–Crippen LogP) is 10.7. The summed E-state index contributed by atoms with van der Waals surface area (Å²) in [4.78, 5) is 31.0. The number of ketones is 1. The summed E-state index contributed by atoms with van der Waals surface area (Å²) in [6, 6.07) is 17.5. The number of rotatable bonds is 9. The Kier molecular flexibility index (Phi) is 11.6. The first-order valence-corrected chi connectivity index (χ1v) is 22.0. The molecule has 5 saturated carbocycles. The molecule has 0 heterocycles. The molecule has 0 saturated heterocycles. The van der Waals surface area contributed by atoms with Crippen LogP contribution in [-0.4, -0.2) is 58.8 Å². The molecule has 9 heteroatoms. The van der Waals surface area contributed by atoms with Gasteiger partial charge in [0, 0.05) is 40.2 Å². The van der Waals surface area contributed by atoms with Crippen molar-refractivity contribution in [1.82, 2.24) is 4.90 Å². The minimum Gasteiger partial charge on any atom is -0.497 e. The van der Waals surface area contributed by atoms with Gasteiger partial charge in [0.1, 0.15) is 11.6 Å². The number of fused-ring (bicyclic) bond motifs is 8. The Morgan fingerprint density at radius 3 is 2.34 bits per heavy atom. The number of nitrogens with zero attached hydrogens (tertiary/aromatic N) is 1. The van der Waals surface area contributed by atoms with Crippen molar-refractivity contribution in [3.05, 3.63) is 105 Å². The third-order valence-corrected chi connectivity index (χ3v) is 15.5. The Hall–Kier alpha value is -3.72. The molecule has 2 amide bonds. The van der Waals surface area contributed by atoms with Crippen LogP contribution in [0.5, 0.6) is 5.75 Å². The van der Waals surface area contributed by atoms with Crippen molar-refractivity contribution in [3.8, 4) is 5.75 Å². The Labute approximate surface area is 348 Å². The summed E-state index contributed by atoms with van der Waals surface area (Å²) in [5, 5.41) is 27.8. The number of allylic oxidation sites excluding steroid dienone is 2. The van der Waals surface area contributed by atoms with E-state index < -0.39 is 22.9 Å². The number of carbonyl (C=O) groups excluding carboxylic acids is 2. The lowest BCUT2D eigenvalue weighted by Gasteiger charge is -2.58. The second-order valence-corrected chi connectivity index (χ2v) is 19.6. The number of amides is 2. The predicted molar refractivity (Wildman–Crippen MR) is 227 cm³/mol. The molecule has 7 nitrogen and oxygen atoms in total. The van der Waals surface area contributed by atoms with E-state index in [9.17, 15) is 19.8 Å². The van der Waals surface area contributed by atoms with Crippen LogP contribution in [0.3, 0.4) is 0 Å². The SMILES string of the molecule is COc1ccc(NC(=O)N(CC23CC4CC(CC(C4)C2)C3)C[C@]2(O)CC[C@H]3c4ccc(cc4C(=O)Cc4c(F)cccc4Cl)C[C@@H](O)CCC(C)=CCC[C@@]32C)cc1. The van der Waals surface area contributed by atoms with Crippen molar-refractivity contribution in [2.24, 2.45) is 28.6 Å². The summed E-state index contributed by atoms with van der Waals surface area (Å²) in [6.45, 7) is 5.04. The molecule has 7 aliphatic rings. The minimum atomic E-state index is -1.28. The van der Waals surface area contributed by atoms with E-state index in [1.54, 1.807) is 13.2 Å². The average molecular weight is 811 g/mol. The lowest BCUT2D eigenvalue weighted by Crippen LogP contribution is -2.58. The number of halogens is 2. The summed E-state index contributed by atoms with van der Waals surface area (Å²) in [5.74, 6) is 1.84. The van der Waals surface area contributed by atoms with Gasteiger partial charge in [-0.15, -0.1) is 0 Å². The molecule has 0 aromatic heterocycles. The first kappa shape index (κ1) is 41.0. The van der Waals surface area contributed by atoms with Gasteiger partial charge >= 0.3 is 6.03 Å². The van der Waals surface area contributed by atoms with Crippen LogP contribution in [0.15, 0.2) is 72.3 Å². The molecule has 3 aromatic rings. The van der Waals surface area contributed by atoms with E-state index in [-0.39, 0.29) is 46.7 Å². The third kappa shape index (κ3) is 8.23. The minimum absolute atomic E-state index is 0.0400. The third-order valence-electron chi connectivity index (χ3n) is 15.1. The van der Waals surface area contributed by atoms with Gasteiger partial charge in [-0.3, -0.25) is 4.79 Å². The average Bonchev–Trinajstić information content (AvgIpc) is 3.43. The normalized spacial score (nSPS) is 31.6. The van der Waals surface area contributed by atoms with Crippen LogP contribution in [0.2, 0.25) is 5.02 Å². The smallest absolute Gasteiger partial charge is 0.321 e. The highest BCUT2D eigenvalue weighted by Crippen LogP contribution is 2.62. The van der Waals surface area contributed by atoms with Crippen LogP contribution >= 0.6 is 11.6 Å². The van der Waals surface area contributed by atoms with Gasteiger partial charge in [0.2, 0.25) is 0 Å². The second-order valence-electron chi connectivity index (χ2n) is 19.2. The fourth-order valence-electron chi connectivity index (χ4n) is 12.5. The van der Waals surface area contributed by atoms with Gasteiger partial charge in [-0.1, -0.05) is 48.4 Å². The Bertz CT molecular complexity index is 1990. The fourth-order valence-corrected chi connectivity index (χ4v) is 12.7. The molecule has 0 radical (unpaired) electrons. The van der Waals surface area contributed by atoms with E-state index in [0.717, 1.165) is 36.8 Å². The Balaban J connectivity index is 1.17. The number of benzene rings is 3. The van der Waals surface area contributed by atoms with E-state index in [2.05, 4.69) is 25.2 Å². The summed E-state index contributed by atoms with van der Waals surface area (Å²) < 4.78 is 20.5. The summed E-state index contributed by atoms with van der Waals surface area (Å²) in [7, 11) is 1.62. The molecule has 310 valence electrons. The first-order chi connectivity index (χ1) is 27.7. The highest BCUT2D eigenvalue weighted by Gasteiger charge is 2.59. The monoisotopic (exact) mass is 810 g/mol. The number of urea groups is 1. The molecule has 3 N–H and O–H groups in total. The molecule has 0 spiro atoms. The maximum Gasteiger partial charge on any atom is 0.321 e. The first-order valence-electron chi connectivity index (χ1n) is 21.6. The number of nitrogens with one attached hydrogen (secondary N) is 1. The highest BCUT2D eigenvalue weighted by atomic mass is 35.5. The molecule has 6 bridgehead atoms. The molecular weight excluding hydrogens is 751 g/mol. The zero-order valence-electron chi connectivity index (χ0n) is 34.4. The Morgan fingerprint density at radius 1 is 0.966 bits per heavy atom. The van der Waals surface area contributed by atoms with Crippen molar-refractivity contribution in [1.29, 1.82) is 0 Å². The van der Waals surface area contributed by atoms with Gasteiger partial charge in [0.25, 0.3) is 0 Å². The number of aliphatic hydroxyl groups is 2. The number of hydrogen-bond donors (Lipinski definition) is 3. The molecule has 10 rings (SSSR count). The topological polar surface area (TPSA) is 99.1 Å². The highest BCUT2D eigenvalue weighted by molar-refractivity contribution is 6.31. The van der Waals surface area contributed by atoms with Crippen molar-refractivity contribution in [2.45, 2.75) is 121 Å². The number of hydrogen-bond acceptors (Lipinski definition) is 5. The maximum atomic E-state index is 15.1. The Morgan fingerprint density at radius 2 is 1.67 bits per heavy atom. The van der Waals surface area contributed by atoms with E-state index >= 15 is 4.39 Å². The van der Waals surface area contributed by atoms with Crippen molar-refractivity contribution >= 4 is 29.1 Å². The molecule has 0 unspecified atom stereocenters. The number of anilines is 1. The van der Waals surface area contributed by atoms with Gasteiger partial charge < -0.3 is 25.2 Å². The van der Waals surface area contributed by atoms with E-state index in [0.29, 0.717) is 79.8 Å². The lowest BCUT2D eigenvalue weighted by atomic mass is 9.49. The van der Waals surface area contributed by atoms with Crippen molar-refractivity contribution < 1.29 is 28.9 Å². The van der Waals surface area contributed by atoms with Crippen LogP contribution in [0.4, 0.5) is 14.9 Å². The van der Waals surface area contributed by atoms with Crippen LogP contribution in [0.25, 0.3) is 0 Å². The van der Waals surface area contributed by atoms with Gasteiger partial charge in [0.15, 0.2) is 5.78 Å². The zero-order chi connectivity index (χ0) is 40.8. The standard InChI is InChI=1S/C49H60ClFN2O5/c1-31-6-5-18-47(2)42(39-16-10-32(23-37(54)13-9-31)24-40(39)45(55)25-41-43(50)7-4-8-44(41)51)17-19-49(47,57)30-53(46(56)52-36-11-14-38(58-3)15-12-36)29-48-26-33-20-34(27-48)22-35(21-33)28-48/h4,6-8,10-12,14-16,24,33-35,37,42,54,57H,5,9,13,17-23,25-30H2,1-3H3,(H,52,56)/t33?,34?,35?,37-,42-,47-,48?,49+/m0/s1. The molecule has 4 atom stereocenters. The van der Waals surface area contributed by atoms with Gasteiger partial charge in [-0.05, 0) is 173 Å². The summed E-state index contributed by atoms with van der Waals surface area (Å²) >= 11 is 6.45. The van der Waals surface area contributed by atoms with Gasteiger partial charge in [-0.2, -0.15) is 0 Å². The van der Waals surface area contributed by atoms with Crippen LogP contribution in [-0.2, 0) is 12.8 Å². The molecule has 3 aromatic carbocycles. The zero-order valence-corrected chi connectivity index (χ0v) is 35.1. The van der Waals surface area contributed by atoms with Gasteiger partial charge in [-0.25, -0.2) is 9.18 Å². The molecule has 5 fully saturated rings. The number of ether oxygens (including phenoxy) is 1. The number of methoxy groups -OCH3 is 1. The summed E-state index contributed by atoms with van der Waals surface area (Å²) in [6.07, 6.45) is 12.9. The lowest BCUT2D eigenvalue weighted by molar-refractivity contribution is -0.0975. The van der Waals surface area contributed by atoms with Crippen LogP contribution < -0.4 is 10.1 Å². The van der Waals surface area contributed by atoms with Crippen LogP contribution in [0, 0.1) is 34.4 Å². The molecule has 7 aliphatic carbocycles. The molecule has 58 heavy (non-hydrogen) atoms. The van der Waals surface area contributed by atoms with Gasteiger partial charge in [0.05, 0.1) is 25.4 Å². The number of aliphatic hydroxyl groups excluding tert-OH is 1. The quantitative estimate of drug-likeness (QED) is 0.148. The molecular formula is C49H60ClFN2O5. The second kappa shape index (κ2) is 16.4. The largest absolute Gasteiger partial charge is 0.497 e. The van der Waals surface area contributed by atoms with Crippen molar-refractivity contribution in [3.63, 3.8) is 0 Å². The van der Waals surface area contributed by atoms with E-state index in [1.807, 2.05) is 47.4 Å². The maximum absolute atomic E-state index is 15.1. The van der Waals surface area contributed by atoms with E-state index in [1.165, 1.54) is 37.0 Å². The van der Waals surface area contributed by atoms with E-state index in [4.69, 9.17) is 16.3 Å². The number of carbonyl (C=O) groups is 2. The fraction of sp³-hybridized carbons (Fsp3) is 0.551. The van der Waals surface area contributed by atoms with Crippen LogP contribution in [0.1, 0.15) is 124 Å². The number of Topliss-reactive ketones (excluding diaryl/α,β-unsaturated/α-hetero) is 1.